The molecule has 1 saturated carbocycles. The van der Waals surface area contributed by atoms with E-state index in [0.717, 1.165) is 11.1 Å². The predicted octanol–water partition coefficient (Wildman–Crippen LogP) is 2.49. The molecule has 0 bridgehead atoms. The van der Waals surface area contributed by atoms with Crippen molar-refractivity contribution in [3.8, 4) is 34.7 Å². The first-order valence-corrected chi connectivity index (χ1v) is 10.4. The van der Waals surface area contributed by atoms with Gasteiger partial charge in [0.1, 0.15) is 5.69 Å². The van der Waals surface area contributed by atoms with E-state index in [1.807, 2.05) is 25.5 Å². The normalized spacial score (nSPS) is 19.6. The minimum absolute atomic E-state index is 0.121. The van der Waals surface area contributed by atoms with E-state index in [2.05, 4.69) is 32.8 Å². The summed E-state index contributed by atoms with van der Waals surface area (Å²) in [4.78, 5) is 16.8. The number of hydrogen-bond donors (Lipinski definition) is 1. The van der Waals surface area contributed by atoms with E-state index in [4.69, 9.17) is 4.98 Å². The van der Waals surface area contributed by atoms with Crippen LogP contribution < -0.4 is 5.32 Å². The molecule has 0 aromatic carbocycles. The molecule has 1 aliphatic carbocycles. The predicted molar refractivity (Wildman–Crippen MR) is 117 cm³/mol. The summed E-state index contributed by atoms with van der Waals surface area (Å²) in [6, 6.07) is 6.33. The van der Waals surface area contributed by atoms with Gasteiger partial charge in [-0.2, -0.15) is 25.8 Å². The Morgan fingerprint density at radius 3 is 2.76 bits per heavy atom. The average Bonchev–Trinajstić information content (AvgIpc) is 3.49. The van der Waals surface area contributed by atoms with Crippen LogP contribution in [0.4, 0.5) is 5.82 Å². The van der Waals surface area contributed by atoms with Crippen LogP contribution in [-0.4, -0.2) is 40.1 Å². The average molecular weight is 440 g/mol. The van der Waals surface area contributed by atoms with Crippen LogP contribution in [0.25, 0.3) is 28.0 Å². The van der Waals surface area contributed by atoms with Gasteiger partial charge in [0.05, 0.1) is 65.4 Å². The van der Waals surface area contributed by atoms with Crippen LogP contribution in [0.2, 0.25) is 0 Å². The van der Waals surface area contributed by atoms with Crippen LogP contribution in [0.1, 0.15) is 26.2 Å². The molecule has 1 amide bonds. The fraction of sp³-hybridized carbons (Fsp3) is 0.318. The number of rotatable bonds is 5. The summed E-state index contributed by atoms with van der Waals surface area (Å²) >= 11 is 0. The van der Waals surface area contributed by atoms with Crippen LogP contribution in [0.5, 0.6) is 0 Å². The Balaban J connectivity index is 1.69. The molecule has 0 unspecified atom stereocenters. The Morgan fingerprint density at radius 1 is 1.27 bits per heavy atom. The van der Waals surface area contributed by atoms with Gasteiger partial charge < -0.3 is 5.32 Å². The fourth-order valence-electron chi connectivity index (χ4n) is 4.38. The minimum atomic E-state index is -0.585. The molecule has 4 aromatic heterocycles. The van der Waals surface area contributed by atoms with E-state index in [-0.39, 0.29) is 18.2 Å². The van der Waals surface area contributed by atoms with Crippen molar-refractivity contribution in [2.75, 3.05) is 5.32 Å². The zero-order chi connectivity index (χ0) is 23.2. The molecule has 5 rings (SSSR count). The third-order valence-corrected chi connectivity index (χ3v) is 5.98. The number of carbonyl (C=O) groups is 1. The molecule has 4 aromatic rings. The molecular weight excluding hydrogens is 420 g/mol. The number of nitriles is 2. The Hall–Kier alpha value is -4.51. The van der Waals surface area contributed by atoms with Crippen molar-refractivity contribution >= 4 is 17.2 Å². The first-order valence-electron chi connectivity index (χ1n) is 10.4. The summed E-state index contributed by atoms with van der Waals surface area (Å²) in [5.74, 6) is -0.0461. The Kier molecular flexibility index (Phi) is 4.68. The molecule has 33 heavy (non-hydrogen) atoms. The van der Waals surface area contributed by atoms with Gasteiger partial charge in [-0.05, 0) is 18.9 Å². The highest BCUT2D eigenvalue weighted by Gasteiger charge is 2.47. The second-order valence-corrected chi connectivity index (χ2v) is 8.35. The van der Waals surface area contributed by atoms with E-state index >= 15 is 0 Å². The summed E-state index contributed by atoms with van der Waals surface area (Å²) in [6.45, 7) is 1.41. The first-order chi connectivity index (χ1) is 15.9. The van der Waals surface area contributed by atoms with Gasteiger partial charge in [0.2, 0.25) is 5.91 Å². The second kappa shape index (κ2) is 7.57. The van der Waals surface area contributed by atoms with Gasteiger partial charge in [0, 0.05) is 31.9 Å². The van der Waals surface area contributed by atoms with Crippen LogP contribution in [-0.2, 0) is 17.4 Å². The van der Waals surface area contributed by atoms with Crippen molar-refractivity contribution in [3.05, 3.63) is 37.1 Å². The van der Waals surface area contributed by atoms with E-state index in [9.17, 15) is 15.3 Å². The summed E-state index contributed by atoms with van der Waals surface area (Å²) in [5.41, 5.74) is 2.84. The number of hydrogen-bond acceptors (Lipinski definition) is 7. The van der Waals surface area contributed by atoms with Gasteiger partial charge in [-0.25, -0.2) is 9.50 Å². The van der Waals surface area contributed by atoms with Crippen LogP contribution in [0.15, 0.2) is 37.1 Å². The van der Waals surface area contributed by atoms with Crippen molar-refractivity contribution in [1.82, 2.24) is 34.2 Å². The molecular formula is C22H20N10O. The van der Waals surface area contributed by atoms with Crippen LogP contribution in [0.3, 0.4) is 0 Å². The first kappa shape index (κ1) is 20.4. The SMILES string of the molecule is CC(=O)Nc1nn(C2(CC#N)CC(C#N)C2)cc1-c1nc(-c2cnn(C)c2)cn2nccc12. The van der Waals surface area contributed by atoms with Gasteiger partial charge in [0.25, 0.3) is 0 Å². The molecule has 0 saturated heterocycles. The molecule has 1 fully saturated rings. The molecule has 11 nitrogen and oxygen atoms in total. The molecule has 0 atom stereocenters. The maximum atomic E-state index is 12.0. The van der Waals surface area contributed by atoms with Crippen molar-refractivity contribution in [2.24, 2.45) is 13.0 Å². The quantitative estimate of drug-likeness (QED) is 0.502. The fourth-order valence-corrected chi connectivity index (χ4v) is 4.38. The Morgan fingerprint density at radius 2 is 2.09 bits per heavy atom. The van der Waals surface area contributed by atoms with E-state index in [1.54, 1.807) is 32.5 Å². The molecule has 4 heterocycles. The Labute approximate surface area is 188 Å². The van der Waals surface area contributed by atoms with Crippen molar-refractivity contribution < 1.29 is 4.79 Å². The van der Waals surface area contributed by atoms with Gasteiger partial charge in [-0.15, -0.1) is 0 Å². The largest absolute Gasteiger partial charge is 0.309 e. The highest BCUT2D eigenvalue weighted by molar-refractivity contribution is 5.94. The zero-order valence-corrected chi connectivity index (χ0v) is 18.1. The third kappa shape index (κ3) is 3.40. The van der Waals surface area contributed by atoms with Crippen molar-refractivity contribution in [1.29, 1.82) is 10.5 Å². The lowest BCUT2D eigenvalue weighted by molar-refractivity contribution is -0.114. The molecule has 0 spiro atoms. The number of aryl methyl sites for hydroxylation is 1. The molecule has 164 valence electrons. The monoisotopic (exact) mass is 440 g/mol. The molecule has 1 N–H and O–H groups in total. The van der Waals surface area contributed by atoms with Gasteiger partial charge in [0.15, 0.2) is 5.82 Å². The lowest BCUT2D eigenvalue weighted by Crippen LogP contribution is -2.46. The molecule has 1 aliphatic rings. The Bertz CT molecular complexity index is 1450. The number of aromatic nitrogens is 7. The van der Waals surface area contributed by atoms with Crippen LogP contribution >= 0.6 is 0 Å². The van der Waals surface area contributed by atoms with Crippen LogP contribution in [0, 0.1) is 28.6 Å². The highest BCUT2D eigenvalue weighted by atomic mass is 16.1. The zero-order valence-electron chi connectivity index (χ0n) is 18.1. The summed E-state index contributed by atoms with van der Waals surface area (Å²) in [7, 11) is 1.83. The smallest absolute Gasteiger partial charge is 0.222 e. The second-order valence-electron chi connectivity index (χ2n) is 8.35. The standard InChI is InChI=1S/C22H20N10O/c1-14(33)27-21-17(12-32(29-21)22(4-5-23)7-15(8-22)9-24)20-19-3-6-25-31(19)13-18(28-20)16-10-26-30(2)11-16/h3,6,10-13,15H,4,7-8H2,1-2H3,(H,27,29,33). The summed E-state index contributed by atoms with van der Waals surface area (Å²) < 4.78 is 5.13. The molecule has 0 radical (unpaired) electrons. The van der Waals surface area contributed by atoms with Gasteiger partial charge >= 0.3 is 0 Å². The van der Waals surface area contributed by atoms with E-state index in [1.165, 1.54) is 6.92 Å². The minimum Gasteiger partial charge on any atom is -0.309 e. The lowest BCUT2D eigenvalue weighted by atomic mass is 9.67. The summed E-state index contributed by atoms with van der Waals surface area (Å²) in [5, 5.41) is 34.8. The van der Waals surface area contributed by atoms with Crippen molar-refractivity contribution in [2.45, 2.75) is 31.7 Å². The lowest BCUT2D eigenvalue weighted by Gasteiger charge is -2.43. The number of nitrogens with one attached hydrogen (secondary N) is 1. The number of anilines is 1. The number of nitrogens with zero attached hydrogens (tertiary/aromatic N) is 9. The van der Waals surface area contributed by atoms with Gasteiger partial charge in [-0.1, -0.05) is 0 Å². The molecule has 0 aliphatic heterocycles. The number of carbonyl (C=O) groups excluding carboxylic acids is 1. The molecule has 11 heteroatoms. The number of amides is 1. The topological polar surface area (TPSA) is 143 Å². The summed E-state index contributed by atoms with van der Waals surface area (Å²) in [6.07, 6.45) is 10.2. The van der Waals surface area contributed by atoms with Gasteiger partial charge in [-0.3, -0.25) is 14.2 Å². The van der Waals surface area contributed by atoms with Crippen molar-refractivity contribution in [3.63, 3.8) is 0 Å². The number of fused-ring (bicyclic) bond motifs is 1. The highest BCUT2D eigenvalue weighted by Crippen LogP contribution is 2.47. The van der Waals surface area contributed by atoms with E-state index in [0.29, 0.717) is 35.6 Å². The van der Waals surface area contributed by atoms with E-state index < -0.39 is 5.54 Å². The third-order valence-electron chi connectivity index (χ3n) is 5.98. The maximum Gasteiger partial charge on any atom is 0.222 e. The maximum absolute atomic E-state index is 12.0.